The zero-order valence-corrected chi connectivity index (χ0v) is 24.0. The average molecular weight is 543 g/mol. The van der Waals surface area contributed by atoms with Gasteiger partial charge in [-0.25, -0.2) is 0 Å². The Bertz CT molecular complexity index is 1280. The Morgan fingerprint density at radius 2 is 1.70 bits per heavy atom. The van der Waals surface area contributed by atoms with E-state index in [1.165, 1.54) is 0 Å². The maximum Gasteiger partial charge on any atom is 0.230 e. The molecule has 0 aromatic heterocycles. The van der Waals surface area contributed by atoms with Crippen LogP contribution in [0.3, 0.4) is 0 Å². The highest BCUT2D eigenvalue weighted by molar-refractivity contribution is 5.95. The Kier molecular flexibility index (Phi) is 9.08. The lowest BCUT2D eigenvalue weighted by molar-refractivity contribution is -0.124. The van der Waals surface area contributed by atoms with Gasteiger partial charge in [-0.2, -0.15) is 0 Å². The number of benzene rings is 3. The summed E-state index contributed by atoms with van der Waals surface area (Å²) < 4.78 is 10.8. The van der Waals surface area contributed by atoms with Gasteiger partial charge in [0.15, 0.2) is 0 Å². The second-order valence-corrected chi connectivity index (χ2v) is 11.4. The number of nitrogens with zero attached hydrogens (tertiary/aromatic N) is 2. The van der Waals surface area contributed by atoms with Crippen molar-refractivity contribution < 1.29 is 19.4 Å². The molecule has 5 rings (SSSR count). The van der Waals surface area contributed by atoms with Crippen LogP contribution in [0.1, 0.15) is 43.2 Å². The summed E-state index contributed by atoms with van der Waals surface area (Å²) in [6.45, 7) is 5.31. The predicted octanol–water partition coefficient (Wildman–Crippen LogP) is 6.23. The molecular formula is C34H42N2O4. The van der Waals surface area contributed by atoms with Gasteiger partial charge in [-0.05, 0) is 91.6 Å². The van der Waals surface area contributed by atoms with E-state index >= 15 is 0 Å². The van der Waals surface area contributed by atoms with Gasteiger partial charge in [0.2, 0.25) is 5.91 Å². The zero-order valence-electron chi connectivity index (χ0n) is 24.0. The molecule has 0 bridgehead atoms. The number of hydrogen-bond donors (Lipinski definition) is 1. The molecule has 0 radical (unpaired) electrons. The van der Waals surface area contributed by atoms with Crippen LogP contribution in [0.15, 0.2) is 66.7 Å². The molecular weight excluding hydrogens is 500 g/mol. The van der Waals surface area contributed by atoms with Gasteiger partial charge in [0, 0.05) is 43.4 Å². The van der Waals surface area contributed by atoms with Crippen molar-refractivity contribution in [3.63, 3.8) is 0 Å². The highest BCUT2D eigenvalue weighted by Gasteiger charge is 2.30. The highest BCUT2D eigenvalue weighted by atomic mass is 16.5. The number of hydrogen-bond acceptors (Lipinski definition) is 5. The third-order valence-corrected chi connectivity index (χ3v) is 8.53. The second-order valence-electron chi connectivity index (χ2n) is 11.4. The monoisotopic (exact) mass is 542 g/mol. The standard InChI is InChI=1S/C34H42N2O4/c1-24-19-29(13-16-33(24)40-3)27-9-7-25(8-10-27)22-36(34(38)28-11-14-32(37)15-12-28)31-6-4-5-30(20-31)35-18-17-26(21-35)23-39-2/h4-10,13,16,19-20,26,28,32,37H,11-12,14-15,17-18,21-23H2,1-3H3. The zero-order chi connectivity index (χ0) is 28.1. The van der Waals surface area contributed by atoms with Crippen LogP contribution in [-0.2, 0) is 16.1 Å². The Balaban J connectivity index is 1.39. The highest BCUT2D eigenvalue weighted by Crippen LogP contribution is 2.33. The Labute approximate surface area is 238 Å². The maximum atomic E-state index is 14.0. The smallest absolute Gasteiger partial charge is 0.230 e. The predicted molar refractivity (Wildman–Crippen MR) is 161 cm³/mol. The largest absolute Gasteiger partial charge is 0.496 e. The molecule has 1 saturated heterocycles. The number of aliphatic hydroxyl groups is 1. The van der Waals surface area contributed by atoms with E-state index in [0.29, 0.717) is 25.3 Å². The lowest BCUT2D eigenvalue weighted by atomic mass is 9.86. The summed E-state index contributed by atoms with van der Waals surface area (Å²) in [5.41, 5.74) is 6.55. The van der Waals surface area contributed by atoms with Gasteiger partial charge in [0.05, 0.1) is 26.4 Å². The van der Waals surface area contributed by atoms with Gasteiger partial charge in [-0.15, -0.1) is 0 Å². The Morgan fingerprint density at radius 3 is 2.40 bits per heavy atom. The molecule has 1 N–H and O–H groups in total. The fraction of sp³-hybridized carbons (Fsp3) is 0.441. The van der Waals surface area contributed by atoms with Crippen LogP contribution in [0, 0.1) is 18.8 Å². The van der Waals surface area contributed by atoms with Crippen molar-refractivity contribution >= 4 is 17.3 Å². The molecule has 40 heavy (non-hydrogen) atoms. The van der Waals surface area contributed by atoms with E-state index in [9.17, 15) is 9.90 Å². The van der Waals surface area contributed by atoms with E-state index in [1.54, 1.807) is 14.2 Å². The lowest BCUT2D eigenvalue weighted by Gasteiger charge is -2.31. The van der Waals surface area contributed by atoms with Crippen molar-refractivity contribution in [1.82, 2.24) is 0 Å². The third-order valence-electron chi connectivity index (χ3n) is 8.53. The number of ether oxygens (including phenoxy) is 2. The summed E-state index contributed by atoms with van der Waals surface area (Å²) >= 11 is 0. The molecule has 0 spiro atoms. The lowest BCUT2D eigenvalue weighted by Crippen LogP contribution is -2.38. The van der Waals surface area contributed by atoms with Crippen molar-refractivity contribution in [2.45, 2.75) is 51.7 Å². The summed E-state index contributed by atoms with van der Waals surface area (Å²) in [6, 6.07) is 23.2. The first-order chi connectivity index (χ1) is 19.4. The maximum absolute atomic E-state index is 14.0. The van der Waals surface area contributed by atoms with Crippen molar-refractivity contribution in [2.24, 2.45) is 11.8 Å². The number of rotatable bonds is 9. The number of carbonyl (C=O) groups excluding carboxylic acids is 1. The second kappa shape index (κ2) is 12.9. The molecule has 2 fully saturated rings. The fourth-order valence-electron chi connectivity index (χ4n) is 6.18. The molecule has 1 atom stereocenters. The molecule has 1 saturated carbocycles. The fourth-order valence-corrected chi connectivity index (χ4v) is 6.18. The molecule has 3 aromatic carbocycles. The first-order valence-corrected chi connectivity index (χ1v) is 14.5. The number of aryl methyl sites for hydroxylation is 1. The third kappa shape index (κ3) is 6.51. The minimum absolute atomic E-state index is 0.0635. The summed E-state index contributed by atoms with van der Waals surface area (Å²) in [6.07, 6.45) is 3.67. The quantitative estimate of drug-likeness (QED) is 0.347. The molecule has 1 heterocycles. The van der Waals surface area contributed by atoms with Crippen molar-refractivity contribution in [3.05, 3.63) is 77.9 Å². The summed E-state index contributed by atoms with van der Waals surface area (Å²) in [5, 5.41) is 10.0. The first kappa shape index (κ1) is 28.2. The van der Waals surface area contributed by atoms with Crippen LogP contribution >= 0.6 is 0 Å². The van der Waals surface area contributed by atoms with Crippen LogP contribution < -0.4 is 14.5 Å². The van der Waals surface area contributed by atoms with Crippen LogP contribution in [0.25, 0.3) is 11.1 Å². The van der Waals surface area contributed by atoms with Gasteiger partial charge in [0.1, 0.15) is 5.75 Å². The number of amides is 1. The van der Waals surface area contributed by atoms with E-state index in [2.05, 4.69) is 72.5 Å². The van der Waals surface area contributed by atoms with Gasteiger partial charge in [0.25, 0.3) is 0 Å². The van der Waals surface area contributed by atoms with Crippen LogP contribution in [0.4, 0.5) is 11.4 Å². The molecule has 6 nitrogen and oxygen atoms in total. The van der Waals surface area contributed by atoms with E-state index < -0.39 is 0 Å². The SMILES string of the molecule is COCC1CCN(c2cccc(N(Cc3ccc(-c4ccc(OC)c(C)c4)cc3)C(=O)C3CCC(O)CC3)c2)C1. The van der Waals surface area contributed by atoms with Crippen LogP contribution in [-0.4, -0.2) is 51.0 Å². The van der Waals surface area contributed by atoms with Crippen molar-refractivity contribution in [3.8, 4) is 16.9 Å². The van der Waals surface area contributed by atoms with E-state index in [1.807, 2.05) is 11.0 Å². The minimum atomic E-state index is -0.287. The Morgan fingerprint density at radius 1 is 0.950 bits per heavy atom. The molecule has 1 amide bonds. The summed E-state index contributed by atoms with van der Waals surface area (Å²) in [5.74, 6) is 1.51. The Hall–Kier alpha value is -3.35. The summed E-state index contributed by atoms with van der Waals surface area (Å²) in [7, 11) is 3.46. The topological polar surface area (TPSA) is 62.2 Å². The van der Waals surface area contributed by atoms with Gasteiger partial charge >= 0.3 is 0 Å². The molecule has 3 aromatic rings. The van der Waals surface area contributed by atoms with Crippen LogP contribution in [0.5, 0.6) is 5.75 Å². The van der Waals surface area contributed by atoms with E-state index in [-0.39, 0.29) is 17.9 Å². The number of anilines is 2. The van der Waals surface area contributed by atoms with Crippen molar-refractivity contribution in [2.75, 3.05) is 43.7 Å². The molecule has 6 heteroatoms. The molecule has 2 aliphatic rings. The normalized spacial score (nSPS) is 20.9. The minimum Gasteiger partial charge on any atom is -0.496 e. The van der Waals surface area contributed by atoms with Crippen molar-refractivity contribution in [1.29, 1.82) is 0 Å². The van der Waals surface area contributed by atoms with E-state index in [4.69, 9.17) is 9.47 Å². The van der Waals surface area contributed by atoms with Gasteiger partial charge in [-0.3, -0.25) is 4.79 Å². The molecule has 1 aliphatic heterocycles. The number of methoxy groups -OCH3 is 2. The summed E-state index contributed by atoms with van der Waals surface area (Å²) in [4.78, 5) is 18.3. The van der Waals surface area contributed by atoms with Gasteiger partial charge < -0.3 is 24.4 Å². The first-order valence-electron chi connectivity index (χ1n) is 14.5. The molecule has 212 valence electrons. The number of aliphatic hydroxyl groups excluding tert-OH is 1. The average Bonchev–Trinajstić information content (AvgIpc) is 3.45. The van der Waals surface area contributed by atoms with Crippen LogP contribution in [0.2, 0.25) is 0 Å². The van der Waals surface area contributed by atoms with E-state index in [0.717, 1.165) is 78.3 Å². The molecule has 1 unspecified atom stereocenters. The molecule has 1 aliphatic carbocycles. The number of carbonyl (C=O) groups is 1. The van der Waals surface area contributed by atoms with Gasteiger partial charge in [-0.1, -0.05) is 36.4 Å².